The molecule has 196 valence electrons. The van der Waals surface area contributed by atoms with Crippen molar-refractivity contribution < 1.29 is 33.4 Å². The number of halogens is 2. The van der Waals surface area contributed by atoms with Gasteiger partial charge in [0.1, 0.15) is 0 Å². The lowest BCUT2D eigenvalue weighted by atomic mass is 9.77. The van der Waals surface area contributed by atoms with Crippen LogP contribution in [0.3, 0.4) is 0 Å². The van der Waals surface area contributed by atoms with Gasteiger partial charge in [-0.2, -0.15) is 0 Å². The van der Waals surface area contributed by atoms with Crippen LogP contribution in [0.2, 0.25) is 10.0 Å². The molecule has 0 radical (unpaired) electrons. The van der Waals surface area contributed by atoms with Gasteiger partial charge in [-0.05, 0) is 48.9 Å². The average molecular weight is 564 g/mol. The third-order valence-electron chi connectivity index (χ3n) is 7.43. The Balaban J connectivity index is 1.48. The first-order chi connectivity index (χ1) is 18.7. The van der Waals surface area contributed by atoms with Gasteiger partial charge in [-0.1, -0.05) is 53.5 Å². The molecule has 0 aromatic heterocycles. The first-order valence-corrected chi connectivity index (χ1v) is 12.9. The number of nitrogens with zero attached hydrogens (tertiary/aromatic N) is 1. The Hall–Kier alpha value is -3.85. The van der Waals surface area contributed by atoms with Crippen LogP contribution in [0.25, 0.3) is 0 Å². The molecule has 0 unspecified atom stereocenters. The van der Waals surface area contributed by atoms with Gasteiger partial charge in [0.15, 0.2) is 0 Å². The fourth-order valence-corrected chi connectivity index (χ4v) is 6.03. The van der Waals surface area contributed by atoms with Gasteiger partial charge >= 0.3 is 5.97 Å². The van der Waals surface area contributed by atoms with Crippen LogP contribution in [0.1, 0.15) is 49.7 Å². The lowest BCUT2D eigenvalue weighted by Crippen LogP contribution is -2.51. The van der Waals surface area contributed by atoms with Gasteiger partial charge in [-0.15, -0.1) is 0 Å². The molecule has 2 fully saturated rings. The Morgan fingerprint density at radius 2 is 1.54 bits per heavy atom. The Morgan fingerprint density at radius 3 is 2.13 bits per heavy atom. The monoisotopic (exact) mass is 563 g/mol. The number of benzene rings is 3. The summed E-state index contributed by atoms with van der Waals surface area (Å²) in [5, 5.41) is 0.452. The molecule has 0 bridgehead atoms. The second-order valence-electron chi connectivity index (χ2n) is 9.43. The maximum absolute atomic E-state index is 14.0. The summed E-state index contributed by atoms with van der Waals surface area (Å²) >= 11 is 12.3. The molecule has 0 saturated carbocycles. The molecule has 2 saturated heterocycles. The smallest absolute Gasteiger partial charge is 0.338 e. The van der Waals surface area contributed by atoms with Crippen LogP contribution < -0.4 is 4.90 Å². The van der Waals surface area contributed by atoms with Crippen molar-refractivity contribution in [3.05, 3.63) is 99.0 Å². The zero-order chi connectivity index (χ0) is 27.6. The molecule has 2 aliphatic heterocycles. The van der Waals surface area contributed by atoms with E-state index >= 15 is 0 Å². The normalized spacial score (nSPS) is 22.9. The molecular weight excluding hydrogens is 545 g/mol. The molecular formula is C29H19Cl2NO7. The molecule has 3 atom stereocenters. The zero-order valence-corrected chi connectivity index (χ0v) is 21.9. The number of carbonyl (C=O) groups excluding carboxylic acids is 5. The summed E-state index contributed by atoms with van der Waals surface area (Å²) in [4.78, 5) is 68.6. The minimum absolute atomic E-state index is 0.133. The van der Waals surface area contributed by atoms with Crippen molar-refractivity contribution in [3.63, 3.8) is 0 Å². The van der Waals surface area contributed by atoms with Gasteiger partial charge in [0.25, 0.3) is 0 Å². The van der Waals surface area contributed by atoms with E-state index in [0.29, 0.717) is 5.56 Å². The Kier molecular flexibility index (Phi) is 5.95. The van der Waals surface area contributed by atoms with E-state index in [4.69, 9.17) is 32.7 Å². The maximum Gasteiger partial charge on any atom is 0.338 e. The standard InChI is InChI=1S/C29H19Cl2NO7/c1-2-38-28(37)14-7-10-16(11-8-14)32-26(35)21-22(27(32)36)29(24(33)17-5-3-4-6-18(17)25(29)34)39-23(21)15-9-12-19(30)20(31)13-15/h3-13,21-23H,2H2,1H3/t21-,22-,23+/m0/s1. The van der Waals surface area contributed by atoms with Crippen molar-refractivity contribution in [1.29, 1.82) is 0 Å². The summed E-state index contributed by atoms with van der Waals surface area (Å²) in [6, 6.07) is 16.6. The van der Waals surface area contributed by atoms with Gasteiger partial charge in [0.05, 0.1) is 45.8 Å². The largest absolute Gasteiger partial charge is 0.462 e. The lowest BCUT2D eigenvalue weighted by Gasteiger charge is -2.27. The number of anilines is 1. The van der Waals surface area contributed by atoms with Crippen molar-refractivity contribution in [2.24, 2.45) is 11.8 Å². The minimum Gasteiger partial charge on any atom is -0.462 e. The highest BCUT2D eigenvalue weighted by molar-refractivity contribution is 6.42. The van der Waals surface area contributed by atoms with Crippen molar-refractivity contribution in [1.82, 2.24) is 0 Å². The SMILES string of the molecule is CCOC(=O)c1ccc(N2C(=O)[C@@H]3[C@@H](c4ccc(Cl)c(Cl)c4)OC4(C(=O)c5ccccc5C4=O)[C@@H]3C2=O)cc1. The summed E-state index contributed by atoms with van der Waals surface area (Å²) in [6.07, 6.45) is -1.13. The Morgan fingerprint density at radius 1 is 0.897 bits per heavy atom. The highest BCUT2D eigenvalue weighted by Crippen LogP contribution is 2.58. The molecule has 8 nitrogen and oxygen atoms in total. The predicted octanol–water partition coefficient (Wildman–Crippen LogP) is 4.87. The number of Topliss-reactive ketones (excluding diaryl/α,β-unsaturated/α-hetero) is 2. The molecule has 2 amide bonds. The van der Waals surface area contributed by atoms with Crippen LogP contribution in [0.4, 0.5) is 5.69 Å². The Bertz CT molecular complexity index is 1560. The molecule has 0 N–H and O–H groups in total. The van der Waals surface area contributed by atoms with Gasteiger partial charge in [-0.3, -0.25) is 19.2 Å². The summed E-state index contributed by atoms with van der Waals surface area (Å²) in [6.45, 7) is 1.87. The number of hydrogen-bond acceptors (Lipinski definition) is 7. The summed E-state index contributed by atoms with van der Waals surface area (Å²) in [5.74, 6) is -5.87. The number of esters is 1. The second kappa shape index (κ2) is 9.12. The summed E-state index contributed by atoms with van der Waals surface area (Å²) in [7, 11) is 0. The number of fused-ring (bicyclic) bond motifs is 3. The van der Waals surface area contributed by atoms with Crippen LogP contribution >= 0.6 is 23.2 Å². The maximum atomic E-state index is 14.0. The van der Waals surface area contributed by atoms with E-state index in [1.54, 1.807) is 25.1 Å². The number of hydrogen-bond donors (Lipinski definition) is 0. The molecule has 2 heterocycles. The molecule has 39 heavy (non-hydrogen) atoms. The average Bonchev–Trinajstić information content (AvgIpc) is 3.50. The van der Waals surface area contributed by atoms with Crippen molar-refractivity contribution >= 4 is 58.2 Å². The van der Waals surface area contributed by atoms with E-state index in [1.807, 2.05) is 0 Å². The van der Waals surface area contributed by atoms with E-state index in [2.05, 4.69) is 0 Å². The van der Waals surface area contributed by atoms with Crippen LogP contribution in [-0.4, -0.2) is 41.6 Å². The van der Waals surface area contributed by atoms with E-state index in [0.717, 1.165) is 4.90 Å². The third kappa shape index (κ3) is 3.52. The van der Waals surface area contributed by atoms with Crippen molar-refractivity contribution in [2.75, 3.05) is 11.5 Å². The predicted molar refractivity (Wildman–Crippen MR) is 140 cm³/mol. The number of rotatable bonds is 4. The quantitative estimate of drug-likeness (QED) is 0.253. The summed E-state index contributed by atoms with van der Waals surface area (Å²) in [5.41, 5.74) is -1.12. The van der Waals surface area contributed by atoms with E-state index in [1.165, 1.54) is 48.5 Å². The molecule has 1 spiro atoms. The number of ketones is 2. The van der Waals surface area contributed by atoms with Crippen molar-refractivity contribution in [3.8, 4) is 0 Å². The van der Waals surface area contributed by atoms with E-state index < -0.39 is 52.9 Å². The molecule has 3 aromatic carbocycles. The molecule has 1 aliphatic carbocycles. The number of imide groups is 1. The first kappa shape index (κ1) is 25.4. The minimum atomic E-state index is -2.21. The van der Waals surface area contributed by atoms with Crippen LogP contribution in [-0.2, 0) is 19.1 Å². The fraction of sp³-hybridized carbons (Fsp3) is 0.207. The highest BCUT2D eigenvalue weighted by atomic mass is 35.5. The van der Waals surface area contributed by atoms with Gasteiger partial charge in [0.2, 0.25) is 29.0 Å². The molecule has 10 heteroatoms. The number of ether oxygens (including phenoxy) is 2. The molecule has 3 aromatic rings. The van der Waals surface area contributed by atoms with Crippen molar-refractivity contribution in [2.45, 2.75) is 18.6 Å². The third-order valence-corrected chi connectivity index (χ3v) is 8.17. The van der Waals surface area contributed by atoms with Crippen LogP contribution in [0.5, 0.6) is 0 Å². The zero-order valence-electron chi connectivity index (χ0n) is 20.4. The van der Waals surface area contributed by atoms with E-state index in [-0.39, 0.29) is 39.0 Å². The molecule has 3 aliphatic rings. The lowest BCUT2D eigenvalue weighted by molar-refractivity contribution is -0.127. The van der Waals surface area contributed by atoms with Gasteiger partial charge < -0.3 is 9.47 Å². The number of amides is 2. The van der Waals surface area contributed by atoms with Crippen LogP contribution in [0, 0.1) is 11.8 Å². The fourth-order valence-electron chi connectivity index (χ4n) is 5.72. The second-order valence-corrected chi connectivity index (χ2v) is 10.2. The first-order valence-electron chi connectivity index (χ1n) is 12.2. The Labute approximate surface area is 232 Å². The molecule has 6 rings (SSSR count). The van der Waals surface area contributed by atoms with Crippen LogP contribution in [0.15, 0.2) is 66.7 Å². The topological polar surface area (TPSA) is 107 Å². The summed E-state index contributed by atoms with van der Waals surface area (Å²) < 4.78 is 11.2. The highest BCUT2D eigenvalue weighted by Gasteiger charge is 2.74. The van der Waals surface area contributed by atoms with Gasteiger partial charge in [-0.25, -0.2) is 9.69 Å². The van der Waals surface area contributed by atoms with Gasteiger partial charge in [0, 0.05) is 11.1 Å². The van der Waals surface area contributed by atoms with E-state index in [9.17, 15) is 24.0 Å². The number of carbonyl (C=O) groups is 5.